The van der Waals surface area contributed by atoms with Crippen molar-refractivity contribution in [3.05, 3.63) is 0 Å². The molecule has 5 aliphatic carbocycles. The van der Waals surface area contributed by atoms with Crippen LogP contribution in [0.5, 0.6) is 0 Å². The van der Waals surface area contributed by atoms with Gasteiger partial charge in [-0.3, -0.25) is 9.59 Å². The summed E-state index contributed by atoms with van der Waals surface area (Å²) in [5.41, 5.74) is -1.47. The van der Waals surface area contributed by atoms with Gasteiger partial charge >= 0.3 is 6.18 Å². The van der Waals surface area contributed by atoms with Gasteiger partial charge in [-0.05, 0) is 89.4 Å². The maximum atomic E-state index is 13.3. The van der Waals surface area contributed by atoms with Crippen molar-refractivity contribution in [2.24, 2.45) is 17.3 Å². The summed E-state index contributed by atoms with van der Waals surface area (Å²) in [7, 11) is 0. The fourth-order valence-electron chi connectivity index (χ4n) is 6.65. The molecule has 35 heavy (non-hydrogen) atoms. The normalized spacial score (nSPS) is 39.7. The summed E-state index contributed by atoms with van der Waals surface area (Å²) in [5.74, 6) is -1.70. The molecule has 2 amide bonds. The van der Waals surface area contributed by atoms with Crippen molar-refractivity contribution in [1.29, 1.82) is 0 Å². The van der Waals surface area contributed by atoms with E-state index in [0.717, 1.165) is 0 Å². The number of aliphatic hydroxyl groups is 1. The van der Waals surface area contributed by atoms with Crippen LogP contribution >= 0.6 is 0 Å². The Morgan fingerprint density at radius 2 is 1.57 bits per heavy atom. The maximum absolute atomic E-state index is 13.3. The maximum Gasteiger partial charge on any atom is 0.391 e. The monoisotopic (exact) mass is 506 g/mol. The summed E-state index contributed by atoms with van der Waals surface area (Å²) in [4.78, 5) is 25.6. The van der Waals surface area contributed by atoms with E-state index < -0.39 is 35.3 Å². The first-order valence-electron chi connectivity index (χ1n) is 13.1. The van der Waals surface area contributed by atoms with Gasteiger partial charge < -0.3 is 20.5 Å². The van der Waals surface area contributed by atoms with Gasteiger partial charge in [0.1, 0.15) is 12.8 Å². The van der Waals surface area contributed by atoms with Gasteiger partial charge in [-0.15, -0.1) is 0 Å². The third-order valence-electron chi connectivity index (χ3n) is 9.09. The van der Waals surface area contributed by atoms with Gasteiger partial charge in [0.05, 0.1) is 23.5 Å². The van der Waals surface area contributed by atoms with Gasteiger partial charge in [0.2, 0.25) is 11.8 Å². The number of alkyl halides is 4. The number of fused-ring (bicyclic) bond motifs is 3. The second kappa shape index (κ2) is 10.5. The fourth-order valence-corrected chi connectivity index (χ4v) is 6.65. The first-order chi connectivity index (χ1) is 16.5. The molecule has 0 spiro atoms. The molecular weight excluding hydrogens is 468 g/mol. The highest BCUT2D eigenvalue weighted by Crippen LogP contribution is 2.52. The second-order valence-electron chi connectivity index (χ2n) is 11.4. The van der Waals surface area contributed by atoms with Crippen LogP contribution in [0.15, 0.2) is 0 Å². The standard InChI is InChI=1S/C25H38F4N2O4/c26-18-5-7-19(8-6-18)35-15-21(33)31-23-9-11-24(12-10-23,20(32)13-23)22(34)30-14-16-1-3-17(4-2-16)25(27,28)29/h16-20,32H,1-15H2,(H,30,34)(H,31,33). The number of nitrogens with one attached hydrogen (secondary N) is 2. The molecule has 0 aromatic carbocycles. The van der Waals surface area contributed by atoms with Gasteiger partial charge in [0.15, 0.2) is 0 Å². The lowest BCUT2D eigenvalue weighted by molar-refractivity contribution is -0.184. The van der Waals surface area contributed by atoms with Crippen LogP contribution < -0.4 is 10.6 Å². The van der Waals surface area contributed by atoms with Crippen LogP contribution in [0.25, 0.3) is 0 Å². The molecule has 10 heteroatoms. The first kappa shape index (κ1) is 26.6. The zero-order valence-corrected chi connectivity index (χ0v) is 20.2. The molecule has 2 bridgehead atoms. The van der Waals surface area contributed by atoms with Gasteiger partial charge in [-0.25, -0.2) is 4.39 Å². The molecule has 5 aliphatic rings. The molecule has 200 valence electrons. The Morgan fingerprint density at radius 1 is 0.943 bits per heavy atom. The Balaban J connectivity index is 1.22. The number of hydrogen-bond acceptors (Lipinski definition) is 4. The third-order valence-corrected chi connectivity index (χ3v) is 9.09. The van der Waals surface area contributed by atoms with Gasteiger partial charge in [0.25, 0.3) is 0 Å². The average molecular weight is 507 g/mol. The van der Waals surface area contributed by atoms with Crippen molar-refractivity contribution in [3.63, 3.8) is 0 Å². The van der Waals surface area contributed by atoms with E-state index in [1.807, 2.05) is 0 Å². The SMILES string of the molecule is O=C(COC1CCC(F)CC1)NC12CCC(C(=O)NCC3CCC(C(F)(F)F)CC3)(CC1)C(O)C2. The molecule has 0 heterocycles. The molecule has 5 fully saturated rings. The van der Waals surface area contributed by atoms with Gasteiger partial charge in [0, 0.05) is 12.1 Å². The molecular formula is C25H38F4N2O4. The summed E-state index contributed by atoms with van der Waals surface area (Å²) in [6.07, 6.45) is -0.385. The van der Waals surface area contributed by atoms with Crippen LogP contribution in [0.3, 0.4) is 0 Å². The molecule has 0 aromatic heterocycles. The van der Waals surface area contributed by atoms with Gasteiger partial charge in [-0.1, -0.05) is 0 Å². The molecule has 5 saturated carbocycles. The van der Waals surface area contributed by atoms with Crippen molar-refractivity contribution >= 4 is 11.8 Å². The number of halogens is 4. The minimum atomic E-state index is -4.15. The second-order valence-corrected chi connectivity index (χ2v) is 11.4. The van der Waals surface area contributed by atoms with E-state index in [1.165, 1.54) is 0 Å². The fraction of sp³-hybridized carbons (Fsp3) is 0.920. The predicted molar refractivity (Wildman–Crippen MR) is 120 cm³/mol. The lowest BCUT2D eigenvalue weighted by Gasteiger charge is -2.55. The van der Waals surface area contributed by atoms with E-state index in [4.69, 9.17) is 4.74 Å². The summed E-state index contributed by atoms with van der Waals surface area (Å²) < 4.78 is 57.6. The summed E-state index contributed by atoms with van der Waals surface area (Å²) in [6.45, 7) is 0.239. The van der Waals surface area contributed by atoms with Crippen molar-refractivity contribution in [2.75, 3.05) is 13.2 Å². The van der Waals surface area contributed by atoms with Crippen LogP contribution in [-0.2, 0) is 14.3 Å². The largest absolute Gasteiger partial charge is 0.392 e. The molecule has 6 nitrogen and oxygen atoms in total. The number of carbonyl (C=O) groups is 2. The lowest BCUT2D eigenvalue weighted by atomic mass is 9.55. The van der Waals surface area contributed by atoms with E-state index in [9.17, 15) is 32.3 Å². The number of aliphatic hydroxyl groups excluding tert-OH is 1. The van der Waals surface area contributed by atoms with E-state index in [2.05, 4.69) is 10.6 Å². The van der Waals surface area contributed by atoms with E-state index in [-0.39, 0.29) is 49.7 Å². The van der Waals surface area contributed by atoms with Crippen molar-refractivity contribution in [1.82, 2.24) is 10.6 Å². The molecule has 5 rings (SSSR count). The zero-order valence-electron chi connectivity index (χ0n) is 20.2. The highest BCUT2D eigenvalue weighted by Gasteiger charge is 2.58. The van der Waals surface area contributed by atoms with E-state index in [1.54, 1.807) is 0 Å². The Hall–Kier alpha value is -1.42. The van der Waals surface area contributed by atoms with Crippen LogP contribution in [-0.4, -0.2) is 60.2 Å². The first-order valence-corrected chi connectivity index (χ1v) is 13.1. The number of rotatable bonds is 7. The van der Waals surface area contributed by atoms with Crippen molar-refractivity contribution in [3.8, 4) is 0 Å². The molecule has 1 atom stereocenters. The summed E-state index contributed by atoms with van der Waals surface area (Å²) in [6, 6.07) is 0. The number of amides is 2. The number of ether oxygens (including phenoxy) is 1. The van der Waals surface area contributed by atoms with E-state index in [0.29, 0.717) is 70.8 Å². The smallest absolute Gasteiger partial charge is 0.391 e. The molecule has 0 saturated heterocycles. The molecule has 1 unspecified atom stereocenters. The molecule has 3 N–H and O–H groups in total. The van der Waals surface area contributed by atoms with Crippen LogP contribution in [0.4, 0.5) is 17.6 Å². The molecule has 0 radical (unpaired) electrons. The van der Waals surface area contributed by atoms with Crippen LogP contribution in [0.1, 0.15) is 83.5 Å². The quantitative estimate of drug-likeness (QED) is 0.457. The van der Waals surface area contributed by atoms with E-state index >= 15 is 0 Å². The van der Waals surface area contributed by atoms with Crippen LogP contribution in [0.2, 0.25) is 0 Å². The third kappa shape index (κ3) is 6.12. The molecule has 0 aromatic rings. The number of carbonyl (C=O) groups excluding carboxylic acids is 2. The summed E-state index contributed by atoms with van der Waals surface area (Å²) in [5, 5.41) is 16.9. The summed E-state index contributed by atoms with van der Waals surface area (Å²) >= 11 is 0. The Bertz CT molecular complexity index is 753. The topological polar surface area (TPSA) is 87.7 Å². The average Bonchev–Trinajstić information content (AvgIpc) is 2.82. The van der Waals surface area contributed by atoms with Crippen molar-refractivity contribution < 1.29 is 37.0 Å². The Labute approximate surface area is 203 Å². The Morgan fingerprint density at radius 3 is 2.14 bits per heavy atom. The van der Waals surface area contributed by atoms with Crippen LogP contribution in [0, 0.1) is 17.3 Å². The van der Waals surface area contributed by atoms with Gasteiger partial charge in [-0.2, -0.15) is 13.2 Å². The highest BCUT2D eigenvalue weighted by atomic mass is 19.4. The highest BCUT2D eigenvalue weighted by molar-refractivity contribution is 5.84. The minimum Gasteiger partial charge on any atom is -0.392 e. The lowest BCUT2D eigenvalue weighted by Crippen LogP contribution is -2.65. The number of hydrogen-bond donors (Lipinski definition) is 3. The Kier molecular flexibility index (Phi) is 8.01. The predicted octanol–water partition coefficient (Wildman–Crippen LogP) is 3.95. The zero-order chi connectivity index (χ0) is 25.3. The molecule has 0 aliphatic heterocycles. The van der Waals surface area contributed by atoms with Crippen molar-refractivity contribution in [2.45, 2.75) is 114 Å². The minimum absolute atomic E-state index is 0.0246.